The predicted octanol–water partition coefficient (Wildman–Crippen LogP) is 17.0. The number of hydrogen-bond acceptors (Lipinski definition) is 16. The number of para-hydroxylation sites is 2. The molecule has 31 rings (SSSR count). The normalized spacial score (nSPS) is 24.0. The molecule has 0 amide bonds. The van der Waals surface area contributed by atoms with Crippen molar-refractivity contribution in [3.8, 4) is 0 Å². The zero-order valence-electron chi connectivity index (χ0n) is 53.2. The van der Waals surface area contributed by atoms with E-state index in [9.17, 15) is 0 Å². The van der Waals surface area contributed by atoms with Gasteiger partial charge in [0.25, 0.3) is 0 Å². The zero-order valence-corrected chi connectivity index (χ0v) is 63.9. The van der Waals surface area contributed by atoms with Gasteiger partial charge in [-0.3, -0.25) is 9.97 Å². The van der Waals surface area contributed by atoms with E-state index in [1.807, 2.05) is 60.9 Å². The maximum atomic E-state index is 6.98. The molecule has 32 heteroatoms. The number of nitrogens with zero attached hydrogens (tertiary/aromatic N) is 6. The number of hydrogen-bond donors (Lipinski definition) is 0. The lowest BCUT2D eigenvalue weighted by atomic mass is 9.71. The van der Waals surface area contributed by atoms with Crippen LogP contribution in [0.3, 0.4) is 0 Å². The Hall–Kier alpha value is -2.80. The molecule has 0 radical (unpaired) electrons. The van der Waals surface area contributed by atoms with E-state index < -0.39 is 45.7 Å². The molecular weight excluding hydrogens is 1540 g/mol. The Labute approximate surface area is 636 Å². The first-order valence-electron chi connectivity index (χ1n) is 31.0. The third kappa shape index (κ3) is 13.8. The third-order valence-electron chi connectivity index (χ3n) is 19.5. The number of fused-ring (bicyclic) bond motifs is 4. The molecule has 0 unspecified atom stereocenters. The lowest BCUT2D eigenvalue weighted by Gasteiger charge is -2.28. The molecule has 6 aromatic carbocycles. The molecule has 14 nitrogen and oxygen atoms in total. The van der Waals surface area contributed by atoms with Crippen molar-refractivity contribution < 1.29 is 37.2 Å². The van der Waals surface area contributed by atoms with Crippen molar-refractivity contribution >= 4 is 257 Å². The maximum Gasteiger partial charge on any atom is 0.497 e. The second-order valence-electron chi connectivity index (χ2n) is 26.5. The molecule has 0 N–H and O–H groups in total. The van der Waals surface area contributed by atoms with Gasteiger partial charge < -0.3 is 37.2 Å². The van der Waals surface area contributed by atoms with E-state index >= 15 is 0 Å². The highest BCUT2D eigenvalue weighted by Crippen LogP contribution is 2.60. The fourth-order valence-corrected chi connectivity index (χ4v) is 16.3. The molecule has 24 bridgehead atoms. The highest BCUT2D eigenvalue weighted by Gasteiger charge is 2.63. The molecule has 4 aliphatic carbocycles. The van der Waals surface area contributed by atoms with Crippen molar-refractivity contribution in [3.63, 3.8) is 0 Å². The largest absolute Gasteiger partial charge is 0.497 e. The molecule has 8 atom stereocenters. The Kier molecular flexibility index (Phi) is 22.0. The number of aromatic nitrogens is 6. The fourth-order valence-electron chi connectivity index (χ4n) is 15.1. The molecule has 0 saturated carbocycles. The summed E-state index contributed by atoms with van der Waals surface area (Å²) in [4.78, 5) is 8.36. The van der Waals surface area contributed by atoms with E-state index in [-0.39, 0.29) is 70.5 Å². The Morgan fingerprint density at radius 3 is 0.786 bits per heavy atom. The van der Waals surface area contributed by atoms with E-state index in [2.05, 4.69) is 138 Å². The summed E-state index contributed by atoms with van der Waals surface area (Å²) in [7, 11) is -2.48. The average Bonchev–Trinajstić information content (AvgIpc) is 1.54. The van der Waals surface area contributed by atoms with Crippen molar-refractivity contribution in [3.05, 3.63) is 178 Å². The van der Waals surface area contributed by atoms with Gasteiger partial charge in [0.1, 0.15) is 22.1 Å². The molecule has 4 saturated heterocycles. The number of benzene rings is 6. The highest BCUT2D eigenvalue weighted by atomic mass is 35.6. The number of rotatable bonds is 0. The first kappa shape index (κ1) is 73.5. The van der Waals surface area contributed by atoms with Crippen LogP contribution in [0.4, 0.5) is 0 Å². The Morgan fingerprint density at radius 2 is 0.551 bits per heavy atom. The minimum absolute atomic E-state index is 0.210. The first-order valence-corrected chi connectivity index (χ1v) is 37.7. The molecule has 98 heavy (non-hydrogen) atoms. The van der Waals surface area contributed by atoms with Crippen molar-refractivity contribution in [1.29, 1.82) is 0 Å². The second kappa shape index (κ2) is 29.3. The summed E-state index contributed by atoms with van der Waals surface area (Å²) in [5.74, 6) is 0. The first-order chi connectivity index (χ1) is 46.6. The van der Waals surface area contributed by atoms with E-state index in [1.54, 1.807) is 0 Å². The summed E-state index contributed by atoms with van der Waals surface area (Å²) >= 11 is 60.0. The van der Waals surface area contributed by atoms with Crippen LogP contribution in [0.2, 0.25) is 0 Å². The fraction of sp³-hybridized carbons (Fsp3) is 0.364. The van der Waals surface area contributed by atoms with Crippen LogP contribution in [0, 0.1) is 0 Å². The van der Waals surface area contributed by atoms with Crippen molar-refractivity contribution in [2.24, 2.45) is 0 Å². The van der Waals surface area contributed by atoms with Crippen LogP contribution < -0.4 is 21.9 Å². The molecular formula is C66H58B4Cl12N6O8S2. The number of alkyl halides is 12. The number of pyridine rings is 2. The van der Waals surface area contributed by atoms with Gasteiger partial charge in [-0.05, 0) is 68.8 Å². The van der Waals surface area contributed by atoms with E-state index in [4.69, 9.17) is 194 Å². The van der Waals surface area contributed by atoms with Crippen LogP contribution in [0.1, 0.15) is 124 Å². The van der Waals surface area contributed by atoms with Crippen molar-refractivity contribution in [2.45, 2.75) is 143 Å². The summed E-state index contributed by atoms with van der Waals surface area (Å²) in [6, 6.07) is 41.8. The van der Waals surface area contributed by atoms with Gasteiger partial charge in [-0.2, -0.15) is 17.5 Å². The maximum absolute atomic E-state index is 6.98. The zero-order chi connectivity index (χ0) is 69.7. The van der Waals surface area contributed by atoms with Crippen LogP contribution in [-0.4, -0.2) is 97.5 Å². The Morgan fingerprint density at radius 1 is 0.327 bits per heavy atom. The van der Waals surface area contributed by atoms with Gasteiger partial charge in [0, 0.05) is 66.7 Å². The van der Waals surface area contributed by atoms with Crippen LogP contribution in [0.25, 0.3) is 43.9 Å². The minimum atomic E-state index is -0.750. The molecule has 10 aromatic rings. The standard InChI is InChI=1S/C44H40B4N4O8S2.2C9H7N.4CHCl3/c1-41(2)21-13-18-22-14-17(21)33-37(41)57-45(53-33)25-9-10-26(30-29(25)49-61-50-30)47-55-35-19-15-24-20(16-23(19)43(5,6)39(35)59-47)36-40(44(24,7)8)60-48(56-36)28-12-11-27(31-32(28)52-62-51-31)46-54-34(18)38(58-46)42(22,3)4;2*1-2-6-9-8(4-1)5-3-7-10-9;4*2-1(3)4/h9-16,33-40H,1-8H3;2*1-7H;4*1H/t33-,34-,35+,36+,37-,38-,39+,40+;;;;;;. The summed E-state index contributed by atoms with van der Waals surface area (Å²) in [6.45, 7) is 18.1. The summed E-state index contributed by atoms with van der Waals surface area (Å²) < 4.78 is 72.1. The second-order valence-corrected chi connectivity index (χ2v) is 35.5. The van der Waals surface area contributed by atoms with Gasteiger partial charge >= 0.3 is 28.5 Å². The molecule has 4 fully saturated rings. The van der Waals surface area contributed by atoms with E-state index in [1.165, 1.54) is 56.5 Å². The molecule has 21 heterocycles. The van der Waals surface area contributed by atoms with Gasteiger partial charge in [0.15, 0.2) is 17.2 Å². The number of halogens is 12. The van der Waals surface area contributed by atoms with Crippen LogP contribution in [-0.2, 0) is 58.9 Å². The van der Waals surface area contributed by atoms with Gasteiger partial charge in [-0.25, -0.2) is 0 Å². The smallest absolute Gasteiger partial charge is 0.400 e. The van der Waals surface area contributed by atoms with Crippen LogP contribution in [0.5, 0.6) is 0 Å². The monoisotopic (exact) mass is 1590 g/mol. The van der Waals surface area contributed by atoms with E-state index in [0.29, 0.717) is 0 Å². The Balaban J connectivity index is 0.000000196. The topological polar surface area (TPSA) is 151 Å². The predicted molar refractivity (Wildman–Crippen MR) is 405 cm³/mol. The molecule has 21 aliphatic rings. The van der Waals surface area contributed by atoms with Gasteiger partial charge in [0.2, 0.25) is 0 Å². The van der Waals surface area contributed by atoms with Gasteiger partial charge in [0.05, 0.1) is 83.3 Å². The molecule has 0 spiro atoms. The van der Waals surface area contributed by atoms with Crippen LogP contribution in [0.15, 0.2) is 134 Å². The Bertz CT molecular complexity index is 3980. The SMILES string of the molecule is CC1(C)c2cc3c4cc2[C@H]2OB(O[C@H]21)c1ccc(c2nsnc12)B1O[C@H]2c5cc6c(cc5C(C)(C)[C@H]2O1)[C@@H]1OB(O[C@@H]1C6(C)C)c1ccc(c2nsnc12)B1O[C@H]3[C@@H](O1)C4(C)C.ClC(Cl)Cl.ClC(Cl)Cl.ClC(Cl)Cl.ClC(Cl)Cl.c1ccc2ncccc2c1.c1ccc2ncccc2c1. The summed E-state index contributed by atoms with van der Waals surface area (Å²) in [6.07, 6.45) is 1.73. The molecule has 508 valence electrons. The molecule has 4 aromatic heterocycles. The molecule has 17 aliphatic heterocycles. The summed E-state index contributed by atoms with van der Waals surface area (Å²) in [5.41, 5.74) is 16.6. The third-order valence-corrected chi connectivity index (χ3v) is 20.6. The van der Waals surface area contributed by atoms with Gasteiger partial charge in [-0.15, -0.1) is 0 Å². The van der Waals surface area contributed by atoms with Crippen molar-refractivity contribution in [1.82, 2.24) is 27.5 Å². The van der Waals surface area contributed by atoms with Gasteiger partial charge in [-0.1, -0.05) is 292 Å². The average molecular weight is 1600 g/mol. The van der Waals surface area contributed by atoms with Crippen LogP contribution >= 0.6 is 163 Å². The van der Waals surface area contributed by atoms with Crippen molar-refractivity contribution in [2.75, 3.05) is 0 Å². The lowest BCUT2D eigenvalue weighted by molar-refractivity contribution is 0.113. The highest BCUT2D eigenvalue weighted by molar-refractivity contribution is 7.00. The quantitative estimate of drug-likeness (QED) is 0.105. The summed E-state index contributed by atoms with van der Waals surface area (Å²) in [5, 5.41) is 2.40. The van der Waals surface area contributed by atoms with E-state index in [0.717, 1.165) is 77.2 Å². The minimum Gasteiger partial charge on any atom is -0.400 e. The lowest BCUT2D eigenvalue weighted by Crippen LogP contribution is -2.41.